The number of halogens is 12. The fourth-order valence-corrected chi connectivity index (χ4v) is 7.11. The zero-order valence-corrected chi connectivity index (χ0v) is 42.3. The first-order valence-electron chi connectivity index (χ1n) is 23.3. The summed E-state index contributed by atoms with van der Waals surface area (Å²) in [5.41, 5.74) is 3.08. The summed E-state index contributed by atoms with van der Waals surface area (Å²) in [5, 5.41) is 11.6. The lowest BCUT2D eigenvalue weighted by atomic mass is 10.0. The standard InChI is InChI=1S/C24H28F6N4O4.C16H18N2O3.C8H10F6N2O2/c1-22(2,3)38-19(35)15-34-9-8-18(31-34)17-7-5-4-6-16(17)14-32-10-12-33(13-11-32)21(36)37-20(23(25,26)27)24(28,29)30;1-16(2,3)21-15(20)10-18-9-8-14(17-18)13-7-5-4-6-12(13)11-19;9-7(10,11)5(8(12,13)14)18-6(17)16-3-1-15-2-4-16/h4-9,20H,10-15H2,1-3H3;4-9,11H,10H2,1-3H3;5,15H,1-4H2. The Labute approximate surface area is 433 Å². The van der Waals surface area contributed by atoms with Crippen molar-refractivity contribution in [2.75, 3.05) is 52.4 Å². The summed E-state index contributed by atoms with van der Waals surface area (Å²) >= 11 is 0. The largest absolute Gasteiger partial charge is 0.459 e. The van der Waals surface area contributed by atoms with Crippen LogP contribution in [0.2, 0.25) is 0 Å². The minimum Gasteiger partial charge on any atom is -0.459 e. The Kier molecular flexibility index (Phi) is 21.1. The normalized spacial score (nSPS) is 15.0. The van der Waals surface area contributed by atoms with E-state index in [1.807, 2.05) is 62.1 Å². The molecule has 0 bridgehead atoms. The third kappa shape index (κ3) is 20.5. The number of piperazine rings is 2. The van der Waals surface area contributed by atoms with Crippen molar-refractivity contribution in [3.05, 3.63) is 84.2 Å². The number of ether oxygens (including phenoxy) is 4. The summed E-state index contributed by atoms with van der Waals surface area (Å²) in [7, 11) is 0. The van der Waals surface area contributed by atoms with Crippen LogP contribution in [0.25, 0.3) is 22.5 Å². The van der Waals surface area contributed by atoms with Crippen LogP contribution >= 0.6 is 0 Å². The second-order valence-electron chi connectivity index (χ2n) is 19.0. The van der Waals surface area contributed by atoms with E-state index in [1.54, 1.807) is 57.4 Å². The minimum absolute atomic E-state index is 0.00126. The quantitative estimate of drug-likeness (QED) is 0.0652. The smallest absolute Gasteiger partial charge is 0.434 e. The van der Waals surface area contributed by atoms with Gasteiger partial charge in [0.05, 0.1) is 11.4 Å². The highest BCUT2D eigenvalue weighted by Gasteiger charge is 2.61. The topological polar surface area (TPSA) is 180 Å². The second-order valence-corrected chi connectivity index (χ2v) is 19.0. The summed E-state index contributed by atoms with van der Waals surface area (Å²) in [6, 6.07) is 18.0. The van der Waals surface area contributed by atoms with Gasteiger partial charge < -0.3 is 34.1 Å². The van der Waals surface area contributed by atoms with Crippen molar-refractivity contribution >= 4 is 30.4 Å². The van der Waals surface area contributed by atoms with E-state index < -0.39 is 66.3 Å². The highest BCUT2D eigenvalue weighted by molar-refractivity contribution is 5.86. The Bertz CT molecular complexity index is 2560. The summed E-state index contributed by atoms with van der Waals surface area (Å²) in [6.07, 6.45) is -30.3. The van der Waals surface area contributed by atoms with Gasteiger partial charge in [-0.25, -0.2) is 9.59 Å². The van der Waals surface area contributed by atoms with Gasteiger partial charge in [-0.3, -0.25) is 28.6 Å². The van der Waals surface area contributed by atoms with Crippen LogP contribution in [0.4, 0.5) is 62.3 Å². The zero-order valence-electron chi connectivity index (χ0n) is 42.3. The van der Waals surface area contributed by atoms with Crippen molar-refractivity contribution in [1.82, 2.24) is 39.6 Å². The number of aromatic nitrogens is 4. The number of carbonyl (C=O) groups excluding carboxylic acids is 5. The maximum Gasteiger partial charge on any atom is 0.434 e. The fraction of sp³-hybridized carbons (Fsp3) is 0.521. The van der Waals surface area contributed by atoms with Gasteiger partial charge in [0.2, 0.25) is 0 Å². The SMILES string of the molecule is CC(C)(C)OC(=O)Cn1ccc(-c2ccccc2C=O)n1.CC(C)(C)OC(=O)Cn1ccc(-c2ccccc2CN2CCN(C(=O)OC(C(F)(F)F)C(F)(F)F)CC2)n1.O=C(OC(C(F)(F)F)C(F)(F)F)N1CCNCC1. The summed E-state index contributed by atoms with van der Waals surface area (Å²) in [5.74, 6) is -0.783. The fourth-order valence-electron chi connectivity index (χ4n) is 7.11. The molecular weight excluding hydrogens is 1060 g/mol. The summed E-state index contributed by atoms with van der Waals surface area (Å²) in [4.78, 5) is 61.6. The van der Waals surface area contributed by atoms with Crippen molar-refractivity contribution in [2.45, 2.75) is 109 Å². The van der Waals surface area contributed by atoms with Gasteiger partial charge in [-0.1, -0.05) is 48.5 Å². The molecule has 17 nitrogen and oxygen atoms in total. The Balaban J connectivity index is 0.000000276. The molecule has 2 fully saturated rings. The first kappa shape index (κ1) is 62.6. The lowest BCUT2D eigenvalue weighted by Crippen LogP contribution is -2.52. The monoisotopic (exact) mass is 1120 g/mol. The predicted octanol–water partition coefficient (Wildman–Crippen LogP) is 8.86. The number of hydrogen-bond donors (Lipinski definition) is 1. The molecule has 0 radical (unpaired) electrons. The molecule has 0 saturated carbocycles. The molecule has 6 rings (SSSR count). The number of alkyl halides is 12. The maximum atomic E-state index is 12.7. The number of aldehydes is 1. The number of rotatable bonds is 11. The molecule has 29 heteroatoms. The predicted molar refractivity (Wildman–Crippen MR) is 248 cm³/mol. The van der Waals surface area contributed by atoms with Gasteiger partial charge in [0.15, 0.2) is 6.29 Å². The van der Waals surface area contributed by atoms with E-state index in [0.29, 0.717) is 23.5 Å². The molecule has 1 N–H and O–H groups in total. The number of amides is 2. The Morgan fingerprint density at radius 1 is 0.558 bits per heavy atom. The Hall–Kier alpha value is -6.91. The molecule has 2 aromatic carbocycles. The van der Waals surface area contributed by atoms with Crippen LogP contribution in [-0.4, -0.2) is 165 Å². The molecule has 2 aromatic heterocycles. The van der Waals surface area contributed by atoms with E-state index in [4.69, 9.17) is 9.47 Å². The Morgan fingerprint density at radius 3 is 1.36 bits per heavy atom. The first-order chi connectivity index (χ1) is 35.5. The average Bonchev–Trinajstić information content (AvgIpc) is 3.98. The van der Waals surface area contributed by atoms with E-state index in [1.165, 1.54) is 9.36 Å². The number of hydrogen-bond acceptors (Lipinski definition) is 13. The van der Waals surface area contributed by atoms with Crippen LogP contribution < -0.4 is 5.32 Å². The molecule has 4 aromatic rings. The lowest BCUT2D eigenvalue weighted by Gasteiger charge is -2.35. The summed E-state index contributed by atoms with van der Waals surface area (Å²) < 4.78 is 170. The number of esters is 2. The molecule has 2 aliphatic rings. The lowest BCUT2D eigenvalue weighted by molar-refractivity contribution is -0.309. The molecule has 0 unspecified atom stereocenters. The highest BCUT2D eigenvalue weighted by Crippen LogP contribution is 2.37. The first-order valence-corrected chi connectivity index (χ1v) is 23.3. The number of nitrogens with one attached hydrogen (secondary N) is 1. The van der Waals surface area contributed by atoms with E-state index in [2.05, 4.69) is 25.0 Å². The summed E-state index contributed by atoms with van der Waals surface area (Å²) in [6.45, 7) is 11.9. The van der Waals surface area contributed by atoms with E-state index >= 15 is 0 Å². The number of carbonyl (C=O) groups is 5. The van der Waals surface area contributed by atoms with Crippen molar-refractivity contribution in [3.63, 3.8) is 0 Å². The maximum absolute atomic E-state index is 12.7. The molecule has 2 saturated heterocycles. The van der Waals surface area contributed by atoms with Crippen LogP contribution in [-0.2, 0) is 48.2 Å². The molecule has 77 heavy (non-hydrogen) atoms. The third-order valence-corrected chi connectivity index (χ3v) is 10.4. The van der Waals surface area contributed by atoms with Gasteiger partial charge in [0.25, 0.3) is 12.2 Å². The van der Waals surface area contributed by atoms with E-state index in [0.717, 1.165) is 32.8 Å². The third-order valence-electron chi connectivity index (χ3n) is 10.4. The molecule has 2 aliphatic heterocycles. The molecule has 426 valence electrons. The molecule has 0 spiro atoms. The van der Waals surface area contributed by atoms with Gasteiger partial charge >= 0.3 is 48.8 Å². The molecule has 2 amide bonds. The van der Waals surface area contributed by atoms with Crippen molar-refractivity contribution < 1.29 is 95.6 Å². The minimum atomic E-state index is -5.76. The van der Waals surface area contributed by atoms with Gasteiger partial charge in [0.1, 0.15) is 24.3 Å². The van der Waals surface area contributed by atoms with Gasteiger partial charge in [-0.15, -0.1) is 0 Å². The molecule has 4 heterocycles. The van der Waals surface area contributed by atoms with E-state index in [9.17, 15) is 76.7 Å². The average molecular weight is 1120 g/mol. The van der Waals surface area contributed by atoms with Crippen LogP contribution in [0.1, 0.15) is 57.5 Å². The van der Waals surface area contributed by atoms with Gasteiger partial charge in [-0.05, 0) is 59.2 Å². The molecule has 0 atom stereocenters. The number of benzene rings is 2. The van der Waals surface area contributed by atoms with Crippen LogP contribution in [0.15, 0.2) is 73.1 Å². The van der Waals surface area contributed by atoms with Gasteiger partial charge in [-0.2, -0.15) is 62.9 Å². The van der Waals surface area contributed by atoms with Crippen molar-refractivity contribution in [3.8, 4) is 22.5 Å². The molecular formula is C48H56F12N8O9. The van der Waals surface area contributed by atoms with Crippen LogP contribution in [0.5, 0.6) is 0 Å². The van der Waals surface area contributed by atoms with E-state index in [-0.39, 0.29) is 71.4 Å². The zero-order chi connectivity index (χ0) is 57.7. The Morgan fingerprint density at radius 2 is 0.948 bits per heavy atom. The van der Waals surface area contributed by atoms with Crippen LogP contribution in [0, 0.1) is 0 Å². The number of nitrogens with zero attached hydrogens (tertiary/aromatic N) is 7. The molecule has 0 aliphatic carbocycles. The van der Waals surface area contributed by atoms with Crippen molar-refractivity contribution in [1.29, 1.82) is 0 Å². The second kappa shape index (κ2) is 26.0. The highest BCUT2D eigenvalue weighted by atomic mass is 19.4. The van der Waals surface area contributed by atoms with Crippen molar-refractivity contribution in [2.24, 2.45) is 0 Å². The van der Waals surface area contributed by atoms with Gasteiger partial charge in [0, 0.05) is 88.0 Å². The van der Waals surface area contributed by atoms with Crippen LogP contribution in [0.3, 0.4) is 0 Å².